The van der Waals surface area contributed by atoms with Crippen LogP contribution in [0.3, 0.4) is 0 Å². The van der Waals surface area contributed by atoms with Gasteiger partial charge in [0.15, 0.2) is 0 Å². The summed E-state index contributed by atoms with van der Waals surface area (Å²) in [6.45, 7) is -0.263. The molecule has 4 unspecified atom stereocenters. The molecule has 10 nitrogen and oxygen atoms in total. The number of aliphatic hydroxyl groups is 2. The Bertz CT molecular complexity index is 238. The van der Waals surface area contributed by atoms with Gasteiger partial charge in [-0.3, -0.25) is 9.59 Å². The van der Waals surface area contributed by atoms with Crippen LogP contribution in [0.2, 0.25) is 0 Å². The predicted molar refractivity (Wildman–Crippen MR) is 61.3 cm³/mol. The van der Waals surface area contributed by atoms with Crippen LogP contribution in [0.25, 0.3) is 0 Å². The van der Waals surface area contributed by atoms with Gasteiger partial charge >= 0.3 is 11.9 Å². The maximum atomic E-state index is 9.96. The molecule has 0 aromatic rings. The fourth-order valence-corrected chi connectivity index (χ4v) is 0.622. The molecule has 0 radical (unpaired) electrons. The van der Waals surface area contributed by atoms with E-state index in [1.807, 2.05) is 0 Å². The highest BCUT2D eigenvalue weighted by Crippen LogP contribution is 1.86. The highest BCUT2D eigenvalue weighted by atomic mass is 16.4. The van der Waals surface area contributed by atoms with Crippen LogP contribution >= 0.6 is 0 Å². The zero-order valence-corrected chi connectivity index (χ0v) is 9.64. The molecule has 0 aliphatic rings. The van der Waals surface area contributed by atoms with Crippen LogP contribution in [-0.4, -0.2) is 69.7 Å². The molecule has 18 heavy (non-hydrogen) atoms. The van der Waals surface area contributed by atoms with E-state index in [9.17, 15) is 9.59 Å². The van der Waals surface area contributed by atoms with Crippen molar-refractivity contribution in [2.75, 3.05) is 13.1 Å². The molecule has 0 fully saturated rings. The van der Waals surface area contributed by atoms with E-state index in [2.05, 4.69) is 0 Å². The number of carboxylic acids is 2. The average Bonchev–Trinajstić information content (AvgIpc) is 2.35. The maximum Gasteiger partial charge on any atom is 0.323 e. The summed E-state index contributed by atoms with van der Waals surface area (Å²) in [6, 6.07) is -2.54. The molecule has 0 saturated heterocycles. The van der Waals surface area contributed by atoms with Crippen molar-refractivity contribution < 1.29 is 30.0 Å². The van der Waals surface area contributed by atoms with Crippen LogP contribution in [0.4, 0.5) is 0 Å². The van der Waals surface area contributed by atoms with Crippen molar-refractivity contribution in [3.8, 4) is 0 Å². The number of carboxylic acid groups (broad SMARTS) is 2. The molecule has 0 aliphatic heterocycles. The van der Waals surface area contributed by atoms with Crippen molar-refractivity contribution in [2.24, 2.45) is 22.9 Å². The van der Waals surface area contributed by atoms with E-state index in [-0.39, 0.29) is 13.1 Å². The van der Waals surface area contributed by atoms with E-state index < -0.39 is 36.2 Å². The minimum Gasteiger partial charge on any atom is -0.480 e. The Balaban J connectivity index is 0. The van der Waals surface area contributed by atoms with E-state index in [4.69, 9.17) is 43.4 Å². The molecular weight excluding hydrogens is 248 g/mol. The summed E-state index contributed by atoms with van der Waals surface area (Å²) in [5, 5.41) is 33.6. The molecule has 0 spiro atoms. The number of carbonyl (C=O) groups is 2. The summed E-state index contributed by atoms with van der Waals surface area (Å²) in [5.74, 6) is -2.49. The van der Waals surface area contributed by atoms with Gasteiger partial charge in [-0.1, -0.05) is 0 Å². The van der Waals surface area contributed by atoms with Crippen LogP contribution in [0.15, 0.2) is 0 Å². The highest BCUT2D eigenvalue weighted by molar-refractivity contribution is 5.74. The molecule has 12 N–H and O–H groups in total. The number of nitrogens with two attached hydrogens (primary N) is 4. The Morgan fingerprint density at radius 3 is 1.11 bits per heavy atom. The Hall–Kier alpha value is -1.30. The Morgan fingerprint density at radius 1 is 0.833 bits per heavy atom. The van der Waals surface area contributed by atoms with Crippen molar-refractivity contribution in [2.45, 2.75) is 24.3 Å². The molecule has 10 heteroatoms. The predicted octanol–water partition coefficient (Wildman–Crippen LogP) is -4.56. The smallest absolute Gasteiger partial charge is 0.323 e. The number of aliphatic hydroxyl groups excluding tert-OH is 2. The molecule has 0 amide bonds. The van der Waals surface area contributed by atoms with Gasteiger partial charge in [0.1, 0.15) is 12.1 Å². The van der Waals surface area contributed by atoms with E-state index in [0.29, 0.717) is 0 Å². The summed E-state index contributed by atoms with van der Waals surface area (Å²) < 4.78 is 0. The summed E-state index contributed by atoms with van der Waals surface area (Å²) in [6.07, 6.45) is -2.30. The van der Waals surface area contributed by atoms with Crippen LogP contribution in [0, 0.1) is 0 Å². The van der Waals surface area contributed by atoms with Crippen LogP contribution in [0.1, 0.15) is 0 Å². The largest absolute Gasteiger partial charge is 0.480 e. The van der Waals surface area contributed by atoms with Gasteiger partial charge in [-0.15, -0.1) is 0 Å². The first-order valence-electron chi connectivity index (χ1n) is 4.92. The highest BCUT2D eigenvalue weighted by Gasteiger charge is 2.20. The standard InChI is InChI=1S/2C4H10N2O3/c2*5-1-2(7)3(6)4(8)9/h2*2-3,7H,1,5-6H2,(H,8,9). The maximum absolute atomic E-state index is 9.96. The number of aliphatic carboxylic acids is 2. The second kappa shape index (κ2) is 9.70. The lowest BCUT2D eigenvalue weighted by molar-refractivity contribution is -0.142. The molecule has 0 aromatic heterocycles. The molecule has 0 heterocycles. The summed E-state index contributed by atoms with van der Waals surface area (Å²) in [7, 11) is 0. The molecule has 0 rings (SSSR count). The normalized spacial score (nSPS) is 16.8. The summed E-state index contributed by atoms with van der Waals surface area (Å²) in [5.41, 5.74) is 19.7. The Kier molecular flexibility index (Phi) is 10.3. The molecule has 0 bridgehead atoms. The third-order valence-corrected chi connectivity index (χ3v) is 1.88. The first-order valence-corrected chi connectivity index (χ1v) is 4.92. The third-order valence-electron chi connectivity index (χ3n) is 1.88. The van der Waals surface area contributed by atoms with Gasteiger partial charge in [-0.25, -0.2) is 0 Å². The topological polar surface area (TPSA) is 219 Å². The second-order valence-corrected chi connectivity index (χ2v) is 3.33. The van der Waals surface area contributed by atoms with E-state index in [1.54, 1.807) is 0 Å². The second-order valence-electron chi connectivity index (χ2n) is 3.33. The molecule has 0 saturated carbocycles. The van der Waals surface area contributed by atoms with Crippen molar-refractivity contribution in [1.82, 2.24) is 0 Å². The Morgan fingerprint density at radius 2 is 1.06 bits per heavy atom. The van der Waals surface area contributed by atoms with E-state index in [1.165, 1.54) is 0 Å². The van der Waals surface area contributed by atoms with Crippen molar-refractivity contribution in [3.63, 3.8) is 0 Å². The lowest BCUT2D eigenvalue weighted by Gasteiger charge is -2.10. The van der Waals surface area contributed by atoms with Gasteiger partial charge in [0.25, 0.3) is 0 Å². The number of rotatable bonds is 6. The minimum absolute atomic E-state index is 0.131. The monoisotopic (exact) mass is 268 g/mol. The van der Waals surface area contributed by atoms with Gasteiger partial charge in [0.2, 0.25) is 0 Å². The summed E-state index contributed by atoms with van der Waals surface area (Å²) in [4.78, 5) is 19.9. The zero-order chi connectivity index (χ0) is 14.9. The quantitative estimate of drug-likeness (QED) is 0.230. The SMILES string of the molecule is NCC(O)C(N)C(=O)O.NCC(O)C(N)C(=O)O. The zero-order valence-electron chi connectivity index (χ0n) is 9.64. The average molecular weight is 268 g/mol. The van der Waals surface area contributed by atoms with Crippen LogP contribution < -0.4 is 22.9 Å². The number of hydrogen-bond donors (Lipinski definition) is 8. The molecule has 108 valence electrons. The van der Waals surface area contributed by atoms with Crippen molar-refractivity contribution in [1.29, 1.82) is 0 Å². The van der Waals surface area contributed by atoms with Gasteiger partial charge in [-0.2, -0.15) is 0 Å². The molecule has 4 atom stereocenters. The van der Waals surface area contributed by atoms with E-state index >= 15 is 0 Å². The van der Waals surface area contributed by atoms with Crippen LogP contribution in [0.5, 0.6) is 0 Å². The first-order chi connectivity index (χ1) is 8.18. The lowest BCUT2D eigenvalue weighted by atomic mass is 10.2. The van der Waals surface area contributed by atoms with Crippen molar-refractivity contribution >= 4 is 11.9 Å². The van der Waals surface area contributed by atoms with E-state index in [0.717, 1.165) is 0 Å². The van der Waals surface area contributed by atoms with Gasteiger partial charge in [0.05, 0.1) is 12.2 Å². The van der Waals surface area contributed by atoms with Crippen molar-refractivity contribution in [3.05, 3.63) is 0 Å². The fourth-order valence-electron chi connectivity index (χ4n) is 0.622. The molecule has 0 aromatic carbocycles. The molecular formula is C8H20N4O6. The molecule has 0 aliphatic carbocycles. The van der Waals surface area contributed by atoms with Crippen LogP contribution in [-0.2, 0) is 9.59 Å². The minimum atomic E-state index is -1.27. The number of hydrogen-bond acceptors (Lipinski definition) is 8. The fraction of sp³-hybridized carbons (Fsp3) is 0.750. The third kappa shape index (κ3) is 7.89. The lowest BCUT2D eigenvalue weighted by Crippen LogP contribution is -2.45. The summed E-state index contributed by atoms with van der Waals surface area (Å²) >= 11 is 0. The first kappa shape index (κ1) is 19.0. The van der Waals surface area contributed by atoms with Gasteiger partial charge in [-0.05, 0) is 0 Å². The van der Waals surface area contributed by atoms with Gasteiger partial charge < -0.3 is 43.4 Å². The van der Waals surface area contributed by atoms with Gasteiger partial charge in [0, 0.05) is 13.1 Å². The Labute approximate surface area is 103 Å².